The second kappa shape index (κ2) is 4.06. The Bertz CT molecular complexity index is 219. The van der Waals surface area contributed by atoms with Gasteiger partial charge < -0.3 is 5.32 Å². The first-order valence-electron chi connectivity index (χ1n) is 6.50. The van der Waals surface area contributed by atoms with E-state index in [1.165, 1.54) is 32.5 Å². The molecule has 88 valence electrons. The van der Waals surface area contributed by atoms with Crippen LogP contribution in [0.2, 0.25) is 0 Å². The van der Waals surface area contributed by atoms with Crippen LogP contribution in [0.1, 0.15) is 40.5 Å². The maximum absolute atomic E-state index is 3.64. The van der Waals surface area contributed by atoms with E-state index < -0.39 is 0 Å². The zero-order valence-electron chi connectivity index (χ0n) is 10.7. The van der Waals surface area contributed by atoms with Crippen molar-refractivity contribution in [2.75, 3.05) is 19.6 Å². The molecule has 1 atom stereocenters. The Morgan fingerprint density at radius 1 is 1.27 bits per heavy atom. The van der Waals surface area contributed by atoms with Crippen LogP contribution in [0.4, 0.5) is 0 Å². The molecule has 1 N–H and O–H groups in total. The number of nitrogens with zero attached hydrogens (tertiary/aromatic N) is 1. The summed E-state index contributed by atoms with van der Waals surface area (Å²) in [7, 11) is 0. The van der Waals surface area contributed by atoms with Crippen LogP contribution in [0.25, 0.3) is 0 Å². The average molecular weight is 210 g/mol. The lowest BCUT2D eigenvalue weighted by molar-refractivity contribution is 0.0562. The number of rotatable bonds is 3. The topological polar surface area (TPSA) is 15.3 Å². The molecule has 1 aliphatic heterocycles. The molecule has 0 radical (unpaired) electrons. The van der Waals surface area contributed by atoms with Crippen LogP contribution < -0.4 is 5.32 Å². The minimum atomic E-state index is 0.440. The van der Waals surface area contributed by atoms with Crippen LogP contribution in [0, 0.1) is 11.8 Å². The Hall–Kier alpha value is -0.0800. The molecule has 0 spiro atoms. The van der Waals surface area contributed by atoms with Crippen LogP contribution in [0.5, 0.6) is 0 Å². The fourth-order valence-electron chi connectivity index (χ4n) is 2.80. The Kier molecular flexibility index (Phi) is 3.09. The molecule has 0 aromatic heterocycles. The largest absolute Gasteiger partial charge is 0.311 e. The predicted octanol–water partition coefficient (Wildman–Crippen LogP) is 2.10. The van der Waals surface area contributed by atoms with Gasteiger partial charge in [0.1, 0.15) is 0 Å². The van der Waals surface area contributed by atoms with Crippen molar-refractivity contribution in [2.45, 2.75) is 52.1 Å². The molecule has 2 heteroatoms. The summed E-state index contributed by atoms with van der Waals surface area (Å²) in [6.45, 7) is 13.2. The first-order valence-corrected chi connectivity index (χ1v) is 6.50. The quantitative estimate of drug-likeness (QED) is 0.767. The lowest BCUT2D eigenvalue weighted by Gasteiger charge is -2.45. The molecule has 0 aromatic carbocycles. The van der Waals surface area contributed by atoms with E-state index in [1.54, 1.807) is 0 Å². The second-order valence-corrected chi connectivity index (χ2v) is 6.18. The van der Waals surface area contributed by atoms with Gasteiger partial charge in [-0.25, -0.2) is 0 Å². The molecular weight excluding hydrogens is 184 g/mol. The third kappa shape index (κ3) is 2.36. The predicted molar refractivity (Wildman–Crippen MR) is 65.0 cm³/mol. The zero-order valence-corrected chi connectivity index (χ0v) is 10.7. The molecule has 1 unspecified atom stereocenters. The normalized spacial score (nSPS) is 29.8. The van der Waals surface area contributed by atoms with Gasteiger partial charge in [-0.3, -0.25) is 4.90 Å². The standard InChI is InChI=1S/C13H26N2/c1-10(2)12-9-15(8-7-14-12)13(3,4)11-5-6-11/h10-12,14H,5-9H2,1-4H3. The van der Waals surface area contributed by atoms with Gasteiger partial charge in [-0.1, -0.05) is 13.8 Å². The number of nitrogens with one attached hydrogen (secondary N) is 1. The van der Waals surface area contributed by atoms with E-state index in [0.717, 1.165) is 11.8 Å². The van der Waals surface area contributed by atoms with Crippen molar-refractivity contribution in [3.8, 4) is 0 Å². The smallest absolute Gasteiger partial charge is 0.0218 e. The van der Waals surface area contributed by atoms with Crippen molar-refractivity contribution in [1.29, 1.82) is 0 Å². The Labute approximate surface area is 94.4 Å². The maximum atomic E-state index is 3.64. The molecule has 1 saturated heterocycles. The van der Waals surface area contributed by atoms with Gasteiger partial charge in [-0.15, -0.1) is 0 Å². The van der Waals surface area contributed by atoms with Gasteiger partial charge in [0.15, 0.2) is 0 Å². The van der Waals surface area contributed by atoms with Gasteiger partial charge in [0.25, 0.3) is 0 Å². The highest BCUT2D eigenvalue weighted by molar-refractivity contribution is 4.98. The summed E-state index contributed by atoms with van der Waals surface area (Å²) in [5.74, 6) is 1.71. The fraction of sp³-hybridized carbons (Fsp3) is 1.00. The number of hydrogen-bond donors (Lipinski definition) is 1. The summed E-state index contributed by atoms with van der Waals surface area (Å²) >= 11 is 0. The van der Waals surface area contributed by atoms with E-state index in [2.05, 4.69) is 37.9 Å². The lowest BCUT2D eigenvalue weighted by Crippen LogP contribution is -2.59. The van der Waals surface area contributed by atoms with Gasteiger partial charge in [0, 0.05) is 31.2 Å². The van der Waals surface area contributed by atoms with Gasteiger partial charge in [-0.2, -0.15) is 0 Å². The van der Waals surface area contributed by atoms with Crippen LogP contribution in [0.3, 0.4) is 0 Å². The molecule has 0 bridgehead atoms. The third-order valence-corrected chi connectivity index (χ3v) is 4.40. The zero-order chi connectivity index (χ0) is 11.1. The Balaban J connectivity index is 1.97. The molecule has 1 heterocycles. The lowest BCUT2D eigenvalue weighted by atomic mass is 9.92. The van der Waals surface area contributed by atoms with E-state index in [0.29, 0.717) is 11.6 Å². The summed E-state index contributed by atoms with van der Waals surface area (Å²) in [5, 5.41) is 3.64. The third-order valence-electron chi connectivity index (χ3n) is 4.40. The summed E-state index contributed by atoms with van der Waals surface area (Å²) in [6, 6.07) is 0.691. The summed E-state index contributed by atoms with van der Waals surface area (Å²) in [6.07, 6.45) is 2.90. The molecular formula is C13H26N2. The SMILES string of the molecule is CC(C)C1CN(C(C)(C)C2CC2)CCN1. The van der Waals surface area contributed by atoms with Crippen LogP contribution in [0.15, 0.2) is 0 Å². The van der Waals surface area contributed by atoms with Crippen LogP contribution in [-0.2, 0) is 0 Å². The summed E-state index contributed by atoms with van der Waals surface area (Å²) < 4.78 is 0. The van der Waals surface area contributed by atoms with E-state index >= 15 is 0 Å². The Morgan fingerprint density at radius 3 is 2.47 bits per heavy atom. The van der Waals surface area contributed by atoms with E-state index in [-0.39, 0.29) is 0 Å². The van der Waals surface area contributed by atoms with E-state index in [4.69, 9.17) is 0 Å². The highest BCUT2D eigenvalue weighted by atomic mass is 15.3. The summed E-state index contributed by atoms with van der Waals surface area (Å²) in [5.41, 5.74) is 0.440. The van der Waals surface area contributed by atoms with Crippen molar-refractivity contribution in [3.05, 3.63) is 0 Å². The summed E-state index contributed by atoms with van der Waals surface area (Å²) in [4.78, 5) is 2.71. The molecule has 15 heavy (non-hydrogen) atoms. The monoisotopic (exact) mass is 210 g/mol. The molecule has 2 nitrogen and oxygen atoms in total. The molecule has 0 aromatic rings. The van der Waals surface area contributed by atoms with Crippen molar-refractivity contribution in [2.24, 2.45) is 11.8 Å². The molecule has 2 fully saturated rings. The molecule has 2 rings (SSSR count). The van der Waals surface area contributed by atoms with Gasteiger partial charge in [0.2, 0.25) is 0 Å². The van der Waals surface area contributed by atoms with Crippen molar-refractivity contribution >= 4 is 0 Å². The van der Waals surface area contributed by atoms with E-state index in [1.807, 2.05) is 0 Å². The minimum absolute atomic E-state index is 0.440. The minimum Gasteiger partial charge on any atom is -0.311 e. The second-order valence-electron chi connectivity index (χ2n) is 6.18. The van der Waals surface area contributed by atoms with Crippen LogP contribution in [-0.4, -0.2) is 36.1 Å². The van der Waals surface area contributed by atoms with Crippen molar-refractivity contribution in [1.82, 2.24) is 10.2 Å². The Morgan fingerprint density at radius 2 is 1.93 bits per heavy atom. The number of hydrogen-bond acceptors (Lipinski definition) is 2. The van der Waals surface area contributed by atoms with Gasteiger partial charge in [0.05, 0.1) is 0 Å². The van der Waals surface area contributed by atoms with Crippen molar-refractivity contribution < 1.29 is 0 Å². The highest BCUT2D eigenvalue weighted by Gasteiger charge is 2.43. The van der Waals surface area contributed by atoms with Crippen molar-refractivity contribution in [3.63, 3.8) is 0 Å². The highest BCUT2D eigenvalue weighted by Crippen LogP contribution is 2.43. The van der Waals surface area contributed by atoms with Gasteiger partial charge >= 0.3 is 0 Å². The number of piperazine rings is 1. The molecule has 2 aliphatic rings. The van der Waals surface area contributed by atoms with Crippen LogP contribution >= 0.6 is 0 Å². The molecule has 1 aliphatic carbocycles. The average Bonchev–Trinajstić information content (AvgIpc) is 3.01. The fourth-order valence-corrected chi connectivity index (χ4v) is 2.80. The van der Waals surface area contributed by atoms with Gasteiger partial charge in [-0.05, 0) is 38.5 Å². The molecule has 0 amide bonds. The van der Waals surface area contributed by atoms with E-state index in [9.17, 15) is 0 Å². The maximum Gasteiger partial charge on any atom is 0.0218 e. The molecule has 1 saturated carbocycles. The first kappa shape index (κ1) is 11.4. The first-order chi connectivity index (χ1) is 7.01.